The molecule has 1 aliphatic carbocycles. The Labute approximate surface area is 113 Å². The number of nitrogens with zero attached hydrogens (tertiary/aromatic N) is 2. The van der Waals surface area contributed by atoms with Gasteiger partial charge in [-0.05, 0) is 30.9 Å². The van der Waals surface area contributed by atoms with Gasteiger partial charge in [0.1, 0.15) is 0 Å². The van der Waals surface area contributed by atoms with Crippen molar-refractivity contribution >= 4 is 17.5 Å². The predicted octanol–water partition coefficient (Wildman–Crippen LogP) is 3.51. The molecule has 0 N–H and O–H groups in total. The summed E-state index contributed by atoms with van der Waals surface area (Å²) in [6.45, 7) is 3.15. The van der Waals surface area contributed by atoms with Crippen LogP contribution in [-0.2, 0) is 13.1 Å². The van der Waals surface area contributed by atoms with Gasteiger partial charge in [0, 0.05) is 18.3 Å². The smallest absolute Gasteiger partial charge is 0.228 e. The number of benzene rings is 1. The minimum atomic E-state index is 0.914. The molecule has 0 saturated heterocycles. The summed E-state index contributed by atoms with van der Waals surface area (Å²) in [7, 11) is 0. The molecule has 1 aliphatic heterocycles. The van der Waals surface area contributed by atoms with Gasteiger partial charge >= 0.3 is 0 Å². The van der Waals surface area contributed by atoms with Crippen LogP contribution in [0.1, 0.15) is 23.2 Å². The number of aryl methyl sites for hydroxylation is 1. The Morgan fingerprint density at radius 1 is 1.16 bits per heavy atom. The normalized spacial score (nSPS) is 16.7. The summed E-state index contributed by atoms with van der Waals surface area (Å²) in [6.07, 6.45) is 9.32. The van der Waals surface area contributed by atoms with Gasteiger partial charge in [-0.15, -0.1) is 0 Å². The number of rotatable bonds is 1. The molecule has 19 heavy (non-hydrogen) atoms. The maximum Gasteiger partial charge on any atom is 0.228 e. The van der Waals surface area contributed by atoms with Gasteiger partial charge in [0.05, 0.1) is 11.3 Å². The lowest BCUT2D eigenvalue weighted by molar-refractivity contribution is -0.472. The molecule has 2 heteroatoms. The van der Waals surface area contributed by atoms with Crippen molar-refractivity contribution in [1.29, 1.82) is 0 Å². The Bertz CT molecular complexity index is 702. The van der Waals surface area contributed by atoms with Gasteiger partial charge in [0.25, 0.3) is 0 Å². The zero-order chi connectivity index (χ0) is 12.8. The quantitative estimate of drug-likeness (QED) is 0.683. The molecule has 0 unspecified atom stereocenters. The minimum absolute atomic E-state index is 0.914. The first-order valence-corrected chi connectivity index (χ1v) is 6.88. The van der Waals surface area contributed by atoms with Crippen molar-refractivity contribution in [2.24, 2.45) is 0 Å². The van der Waals surface area contributed by atoms with Crippen molar-refractivity contribution in [3.8, 4) is 0 Å². The fourth-order valence-electron chi connectivity index (χ4n) is 3.23. The zero-order valence-electron chi connectivity index (χ0n) is 11.1. The number of hydrogen-bond acceptors (Lipinski definition) is 0. The van der Waals surface area contributed by atoms with Crippen molar-refractivity contribution in [3.05, 3.63) is 59.4 Å². The van der Waals surface area contributed by atoms with E-state index >= 15 is 0 Å². The molecule has 0 radical (unpaired) electrons. The Balaban J connectivity index is 1.87. The summed E-state index contributed by atoms with van der Waals surface area (Å²) < 4.78 is 4.72. The minimum Gasteiger partial charge on any atom is -0.291 e. The van der Waals surface area contributed by atoms with Gasteiger partial charge in [0.15, 0.2) is 6.21 Å². The molecule has 2 aromatic rings. The lowest BCUT2D eigenvalue weighted by Crippen LogP contribution is -2.22. The second-order valence-electron chi connectivity index (χ2n) is 5.38. The van der Waals surface area contributed by atoms with E-state index in [1.165, 1.54) is 28.9 Å². The van der Waals surface area contributed by atoms with E-state index in [0.29, 0.717) is 0 Å². The highest BCUT2D eigenvalue weighted by Crippen LogP contribution is 2.32. The number of aromatic nitrogens is 1. The third-order valence-corrected chi connectivity index (χ3v) is 4.12. The van der Waals surface area contributed by atoms with Crippen LogP contribution in [-0.4, -0.2) is 15.4 Å². The molecular formula is C17H17N2+. The highest BCUT2D eigenvalue weighted by molar-refractivity contribution is 6.08. The molecule has 2 nitrogen and oxygen atoms in total. The number of para-hydroxylation sites is 1. The van der Waals surface area contributed by atoms with Gasteiger partial charge in [0.2, 0.25) is 12.4 Å². The van der Waals surface area contributed by atoms with E-state index in [1.807, 2.05) is 0 Å². The molecule has 0 atom stereocenters. The van der Waals surface area contributed by atoms with E-state index in [9.17, 15) is 0 Å². The van der Waals surface area contributed by atoms with Gasteiger partial charge in [-0.25, -0.2) is 0 Å². The Morgan fingerprint density at radius 3 is 2.84 bits per heavy atom. The lowest BCUT2D eigenvalue weighted by atomic mass is 9.95. The Kier molecular flexibility index (Phi) is 2.25. The molecular weight excluding hydrogens is 232 g/mol. The van der Waals surface area contributed by atoms with E-state index in [0.717, 1.165) is 13.1 Å². The molecule has 2 heterocycles. The fraction of sp³-hybridized carbons (Fsp3) is 0.235. The maximum atomic E-state index is 2.39. The van der Waals surface area contributed by atoms with Crippen molar-refractivity contribution < 1.29 is 4.58 Å². The molecule has 4 rings (SSSR count). The third kappa shape index (κ3) is 1.60. The number of hydrogen-bond donors (Lipinski definition) is 0. The van der Waals surface area contributed by atoms with Crippen molar-refractivity contribution in [2.75, 3.05) is 0 Å². The van der Waals surface area contributed by atoms with Crippen LogP contribution >= 0.6 is 0 Å². The van der Waals surface area contributed by atoms with Crippen LogP contribution in [0.5, 0.6) is 0 Å². The van der Waals surface area contributed by atoms with E-state index in [1.54, 1.807) is 5.56 Å². The van der Waals surface area contributed by atoms with Crippen LogP contribution in [0.15, 0.2) is 42.6 Å². The zero-order valence-corrected chi connectivity index (χ0v) is 11.1. The molecule has 2 aliphatic rings. The summed E-state index contributed by atoms with van der Waals surface area (Å²) in [5.74, 6) is 0. The molecule has 1 aromatic carbocycles. The maximum absolute atomic E-state index is 2.39. The van der Waals surface area contributed by atoms with Crippen LogP contribution in [0.3, 0.4) is 0 Å². The van der Waals surface area contributed by atoms with Crippen molar-refractivity contribution in [3.63, 3.8) is 0 Å². The van der Waals surface area contributed by atoms with E-state index < -0.39 is 0 Å². The lowest BCUT2D eigenvalue weighted by Gasteiger charge is -2.19. The standard InChI is InChI=1S/C17H17N2/c1-13-10-19-12-18(15-7-3-2-4-8-15)11-14-6-5-9-16(13)17(14)19/h2-4,6-8,10-11H,5,9,12H2,1H3/q+1. The third-order valence-electron chi connectivity index (χ3n) is 4.12. The summed E-state index contributed by atoms with van der Waals surface area (Å²) in [5.41, 5.74) is 7.05. The topological polar surface area (TPSA) is 7.94 Å². The molecule has 1 aromatic heterocycles. The number of allylic oxidation sites excluding steroid dienone is 2. The van der Waals surface area contributed by atoms with Gasteiger partial charge in [-0.3, -0.25) is 4.57 Å². The van der Waals surface area contributed by atoms with Crippen LogP contribution in [0.25, 0.3) is 5.57 Å². The highest BCUT2D eigenvalue weighted by Gasteiger charge is 2.27. The summed E-state index contributed by atoms with van der Waals surface area (Å²) in [5, 5.41) is 0. The predicted molar refractivity (Wildman–Crippen MR) is 77.9 cm³/mol. The summed E-state index contributed by atoms with van der Waals surface area (Å²) in [4.78, 5) is 0. The van der Waals surface area contributed by atoms with Crippen LogP contribution < -0.4 is 0 Å². The average Bonchev–Trinajstić information content (AvgIpc) is 2.78. The molecule has 94 valence electrons. The van der Waals surface area contributed by atoms with E-state index in [4.69, 9.17) is 0 Å². The van der Waals surface area contributed by atoms with Gasteiger partial charge < -0.3 is 0 Å². The Morgan fingerprint density at radius 2 is 2.00 bits per heavy atom. The molecule has 0 amide bonds. The monoisotopic (exact) mass is 249 g/mol. The molecule has 0 bridgehead atoms. The summed E-state index contributed by atoms with van der Waals surface area (Å²) >= 11 is 0. The van der Waals surface area contributed by atoms with Crippen molar-refractivity contribution in [1.82, 2.24) is 4.57 Å². The van der Waals surface area contributed by atoms with Gasteiger partial charge in [-0.2, -0.15) is 4.58 Å². The van der Waals surface area contributed by atoms with Crippen LogP contribution in [0, 0.1) is 6.92 Å². The second-order valence-corrected chi connectivity index (χ2v) is 5.38. The first kappa shape index (κ1) is 10.8. The SMILES string of the molecule is Cc1cn2c3c1CCC=C3C=[N+](c1ccccc1)C2. The first-order chi connectivity index (χ1) is 9.33. The first-order valence-electron chi connectivity index (χ1n) is 6.88. The largest absolute Gasteiger partial charge is 0.291 e. The summed E-state index contributed by atoms with van der Waals surface area (Å²) in [6, 6.07) is 10.6. The van der Waals surface area contributed by atoms with Crippen LogP contribution in [0.2, 0.25) is 0 Å². The van der Waals surface area contributed by atoms with Gasteiger partial charge in [-0.1, -0.05) is 24.3 Å². The van der Waals surface area contributed by atoms with Crippen LogP contribution in [0.4, 0.5) is 5.69 Å². The molecule has 0 fully saturated rings. The molecule has 0 saturated carbocycles. The fourth-order valence-corrected chi connectivity index (χ4v) is 3.23. The Hall–Kier alpha value is -2.09. The van der Waals surface area contributed by atoms with E-state index in [-0.39, 0.29) is 0 Å². The van der Waals surface area contributed by atoms with E-state index in [2.05, 4.69) is 64.9 Å². The van der Waals surface area contributed by atoms with Crippen molar-refractivity contribution in [2.45, 2.75) is 26.4 Å². The molecule has 0 spiro atoms. The highest BCUT2D eigenvalue weighted by atomic mass is 15.2. The second kappa shape index (κ2) is 3.95. The average molecular weight is 249 g/mol.